The fraction of sp³-hybridized carbons (Fsp3) is 0.542. The largest absolute Gasteiger partial charge is 0.508 e. The average Bonchev–Trinajstić information content (AvgIpc) is 2.75. The number of nitrogens with one attached hydrogen (secondary N) is 2. The second-order valence-electron chi connectivity index (χ2n) is 9.02. The molecule has 33 heavy (non-hydrogen) atoms. The molecule has 0 aromatic heterocycles. The van der Waals surface area contributed by atoms with E-state index in [4.69, 9.17) is 11.2 Å². The molecule has 9 nitrogen and oxygen atoms in total. The lowest BCUT2D eigenvalue weighted by Gasteiger charge is -2.32. The normalized spacial score (nSPS) is 16.1. The predicted octanol–water partition coefficient (Wildman–Crippen LogP) is 2.19. The lowest BCUT2D eigenvalue weighted by molar-refractivity contribution is -0.139. The highest BCUT2D eigenvalue weighted by Crippen LogP contribution is 2.30. The number of aliphatic hydroxyl groups excluding tert-OH is 1. The summed E-state index contributed by atoms with van der Waals surface area (Å²) in [6, 6.07) is 5.38. The fourth-order valence-corrected chi connectivity index (χ4v) is 3.71. The second kappa shape index (κ2) is 11.6. The molecule has 4 N–H and O–H groups in total. The van der Waals surface area contributed by atoms with Gasteiger partial charge in [0.05, 0.1) is 6.61 Å². The molecule has 1 fully saturated rings. The van der Waals surface area contributed by atoms with Gasteiger partial charge in [-0.05, 0) is 39.7 Å². The molecule has 0 spiro atoms. The highest BCUT2D eigenvalue weighted by atomic mass is 16.6. The third-order valence-electron chi connectivity index (χ3n) is 5.24. The Hall–Kier alpha value is -3.25. The maximum absolute atomic E-state index is 13.3. The van der Waals surface area contributed by atoms with E-state index in [1.54, 1.807) is 32.9 Å². The Morgan fingerprint density at radius 2 is 1.85 bits per heavy atom. The SMILES string of the molecule is C#CN(C(=O)C(CO)NC(=O)OC(C)(C)C)C(C(=O)NC1CCCCC1)c1ccccc1O. The third-order valence-corrected chi connectivity index (χ3v) is 5.24. The van der Waals surface area contributed by atoms with Crippen molar-refractivity contribution in [1.29, 1.82) is 0 Å². The molecular weight excluding hydrogens is 426 g/mol. The lowest BCUT2D eigenvalue weighted by Crippen LogP contribution is -2.53. The standard InChI is InChI=1S/C24H33N3O6/c1-5-27(22(31)18(15-28)26-23(32)33-24(2,3)4)20(17-13-9-10-14-19(17)29)21(30)25-16-11-7-6-8-12-16/h1,9-10,13-14,16,18,20,28-29H,6-8,11-12,15H2,2-4H3,(H,25,30)(H,26,32). The number of rotatable bonds is 7. The number of ether oxygens (including phenoxy) is 1. The third kappa shape index (κ3) is 7.39. The molecule has 0 radical (unpaired) electrons. The van der Waals surface area contributed by atoms with Gasteiger partial charge in [-0.3, -0.25) is 14.5 Å². The summed E-state index contributed by atoms with van der Waals surface area (Å²) in [5.41, 5.74) is -0.692. The van der Waals surface area contributed by atoms with Crippen molar-refractivity contribution in [2.24, 2.45) is 0 Å². The van der Waals surface area contributed by atoms with Crippen LogP contribution < -0.4 is 10.6 Å². The first-order valence-electron chi connectivity index (χ1n) is 11.1. The molecule has 0 heterocycles. The number of aliphatic hydroxyl groups is 1. The van der Waals surface area contributed by atoms with Crippen molar-refractivity contribution in [3.63, 3.8) is 0 Å². The molecule has 2 rings (SSSR count). The van der Waals surface area contributed by atoms with Crippen LogP contribution in [0.4, 0.5) is 4.79 Å². The van der Waals surface area contributed by atoms with E-state index in [1.807, 2.05) is 0 Å². The van der Waals surface area contributed by atoms with Crippen molar-refractivity contribution < 1.29 is 29.3 Å². The predicted molar refractivity (Wildman–Crippen MR) is 122 cm³/mol. The fourth-order valence-electron chi connectivity index (χ4n) is 3.71. The molecule has 9 heteroatoms. The summed E-state index contributed by atoms with van der Waals surface area (Å²) in [6.45, 7) is 4.19. The minimum atomic E-state index is -1.45. The number of hydrogen-bond acceptors (Lipinski definition) is 6. The average molecular weight is 460 g/mol. The summed E-state index contributed by atoms with van der Waals surface area (Å²) < 4.78 is 5.14. The number of para-hydroxylation sites is 1. The van der Waals surface area contributed by atoms with Crippen LogP contribution >= 0.6 is 0 Å². The highest BCUT2D eigenvalue weighted by molar-refractivity contribution is 5.93. The van der Waals surface area contributed by atoms with Gasteiger partial charge in [0.25, 0.3) is 5.91 Å². The monoisotopic (exact) mass is 459 g/mol. The van der Waals surface area contributed by atoms with Crippen LogP contribution in [-0.4, -0.2) is 57.3 Å². The number of phenols is 1. The summed E-state index contributed by atoms with van der Waals surface area (Å²) in [5, 5.41) is 25.4. The van der Waals surface area contributed by atoms with Gasteiger partial charge in [-0.2, -0.15) is 0 Å². The zero-order chi connectivity index (χ0) is 24.6. The van der Waals surface area contributed by atoms with Gasteiger partial charge in [0.2, 0.25) is 5.91 Å². The zero-order valence-corrected chi connectivity index (χ0v) is 19.3. The van der Waals surface area contributed by atoms with Gasteiger partial charge in [0, 0.05) is 17.6 Å². The van der Waals surface area contributed by atoms with E-state index >= 15 is 0 Å². The van der Waals surface area contributed by atoms with Crippen LogP contribution in [0.1, 0.15) is 64.5 Å². The van der Waals surface area contributed by atoms with Crippen molar-refractivity contribution in [2.75, 3.05) is 6.61 Å². The van der Waals surface area contributed by atoms with E-state index < -0.39 is 42.2 Å². The van der Waals surface area contributed by atoms with E-state index in [1.165, 1.54) is 12.1 Å². The number of amides is 3. The number of aromatic hydroxyl groups is 1. The molecule has 1 saturated carbocycles. The molecule has 2 atom stereocenters. The summed E-state index contributed by atoms with van der Waals surface area (Å²) in [6.07, 6.45) is 9.38. The maximum Gasteiger partial charge on any atom is 0.408 e. The molecule has 1 aliphatic carbocycles. The molecule has 1 aliphatic rings. The minimum absolute atomic E-state index is 0.0668. The molecule has 1 aromatic carbocycles. The summed E-state index contributed by atoms with van der Waals surface area (Å²) in [5.74, 6) is -1.66. The zero-order valence-electron chi connectivity index (χ0n) is 19.3. The van der Waals surface area contributed by atoms with E-state index in [0.717, 1.165) is 37.0 Å². The van der Waals surface area contributed by atoms with Gasteiger partial charge in [-0.1, -0.05) is 43.9 Å². The van der Waals surface area contributed by atoms with Crippen molar-refractivity contribution in [3.05, 3.63) is 29.8 Å². The van der Waals surface area contributed by atoms with Crippen LogP contribution in [-0.2, 0) is 14.3 Å². The summed E-state index contributed by atoms with van der Waals surface area (Å²) >= 11 is 0. The molecule has 0 aliphatic heterocycles. The Morgan fingerprint density at radius 1 is 1.21 bits per heavy atom. The molecule has 0 bridgehead atoms. The first-order chi connectivity index (χ1) is 15.6. The van der Waals surface area contributed by atoms with E-state index in [-0.39, 0.29) is 17.4 Å². The van der Waals surface area contributed by atoms with Crippen molar-refractivity contribution in [2.45, 2.75) is 76.6 Å². The Morgan fingerprint density at radius 3 is 2.39 bits per heavy atom. The van der Waals surface area contributed by atoms with E-state index in [9.17, 15) is 24.6 Å². The van der Waals surface area contributed by atoms with Gasteiger partial charge >= 0.3 is 6.09 Å². The number of carbonyl (C=O) groups is 3. The van der Waals surface area contributed by atoms with Crippen LogP contribution in [0.5, 0.6) is 5.75 Å². The van der Waals surface area contributed by atoms with Gasteiger partial charge < -0.3 is 25.6 Å². The molecule has 180 valence electrons. The summed E-state index contributed by atoms with van der Waals surface area (Å²) in [4.78, 5) is 39.5. The minimum Gasteiger partial charge on any atom is -0.508 e. The van der Waals surface area contributed by atoms with Crippen LogP contribution in [0.25, 0.3) is 0 Å². The van der Waals surface area contributed by atoms with Gasteiger partial charge in [-0.25, -0.2) is 4.79 Å². The number of nitrogens with zero attached hydrogens (tertiary/aromatic N) is 1. The van der Waals surface area contributed by atoms with Crippen LogP contribution in [0.2, 0.25) is 0 Å². The van der Waals surface area contributed by atoms with Gasteiger partial charge in [0.15, 0.2) is 6.04 Å². The quantitative estimate of drug-likeness (QED) is 0.366. The van der Waals surface area contributed by atoms with E-state index in [2.05, 4.69) is 16.7 Å². The Bertz CT molecular complexity index is 883. The van der Waals surface area contributed by atoms with Crippen molar-refractivity contribution in [1.82, 2.24) is 15.5 Å². The first kappa shape index (κ1) is 26.0. The summed E-state index contributed by atoms with van der Waals surface area (Å²) in [7, 11) is 0. The number of phenolic OH excluding ortho intramolecular Hbond substituents is 1. The van der Waals surface area contributed by atoms with Crippen molar-refractivity contribution >= 4 is 17.9 Å². The second-order valence-corrected chi connectivity index (χ2v) is 9.02. The van der Waals surface area contributed by atoms with Gasteiger partial charge in [-0.15, -0.1) is 0 Å². The lowest BCUT2D eigenvalue weighted by atomic mass is 9.94. The van der Waals surface area contributed by atoms with Crippen LogP contribution in [0.3, 0.4) is 0 Å². The maximum atomic E-state index is 13.3. The number of terminal acetylenes is 1. The molecule has 3 amide bonds. The number of alkyl carbamates (subject to hydrolysis) is 1. The number of benzene rings is 1. The highest BCUT2D eigenvalue weighted by Gasteiger charge is 2.37. The molecule has 0 saturated heterocycles. The molecular formula is C24H33N3O6. The number of carbonyl (C=O) groups excluding carboxylic acids is 3. The van der Waals surface area contributed by atoms with Crippen LogP contribution in [0.15, 0.2) is 24.3 Å². The Balaban J connectivity index is 2.32. The van der Waals surface area contributed by atoms with E-state index in [0.29, 0.717) is 0 Å². The molecule has 2 unspecified atom stereocenters. The topological polar surface area (TPSA) is 128 Å². The molecule has 1 aromatic rings. The Kier molecular flexibility index (Phi) is 9.12. The first-order valence-corrected chi connectivity index (χ1v) is 11.1. The van der Waals surface area contributed by atoms with Gasteiger partial charge in [0.1, 0.15) is 17.4 Å². The number of hydrogen-bond donors (Lipinski definition) is 4. The van der Waals surface area contributed by atoms with Crippen LogP contribution in [0, 0.1) is 12.5 Å². The smallest absolute Gasteiger partial charge is 0.408 e. The van der Waals surface area contributed by atoms with Crippen molar-refractivity contribution in [3.8, 4) is 18.2 Å². The Labute approximate surface area is 194 Å².